The molecule has 0 bridgehead atoms. The molecule has 3 aliphatic rings. The second-order valence-corrected chi connectivity index (χ2v) is 5.77. The molecule has 0 aromatic rings. The first-order valence-corrected chi connectivity index (χ1v) is 7.37. The quantitative estimate of drug-likeness (QED) is 0.800. The highest BCUT2D eigenvalue weighted by Crippen LogP contribution is 2.39. The van der Waals surface area contributed by atoms with E-state index < -0.39 is 0 Å². The summed E-state index contributed by atoms with van der Waals surface area (Å²) in [5.74, 6) is 0.687. The van der Waals surface area contributed by atoms with Crippen LogP contribution in [0.4, 0.5) is 0 Å². The van der Waals surface area contributed by atoms with Gasteiger partial charge in [0.2, 0.25) is 6.54 Å². The van der Waals surface area contributed by atoms with Crippen LogP contribution in [0.15, 0.2) is 35.7 Å². The zero-order chi connectivity index (χ0) is 14.1. The number of nitroso groups, excluding NO2 is 1. The number of hydrogen-bond acceptors (Lipinski definition) is 4. The molecule has 0 amide bonds. The molecule has 3 aliphatic heterocycles. The molecule has 108 valence electrons. The Bertz CT molecular complexity index is 495. The fourth-order valence-electron chi connectivity index (χ4n) is 3.36. The van der Waals surface area contributed by atoms with Crippen molar-refractivity contribution in [3.8, 4) is 0 Å². The highest BCUT2D eigenvalue weighted by Gasteiger charge is 2.44. The van der Waals surface area contributed by atoms with Crippen LogP contribution in [0.3, 0.4) is 0 Å². The average Bonchev–Trinajstić information content (AvgIpc) is 2.43. The normalized spacial score (nSPS) is 32.0. The molecule has 0 saturated carbocycles. The molecule has 3 heterocycles. The molecule has 0 aromatic heterocycles. The van der Waals surface area contributed by atoms with E-state index in [1.165, 1.54) is 5.57 Å². The van der Waals surface area contributed by atoms with Crippen LogP contribution in [-0.2, 0) is 4.84 Å². The van der Waals surface area contributed by atoms with Gasteiger partial charge in [0.1, 0.15) is 6.17 Å². The van der Waals surface area contributed by atoms with Crippen LogP contribution in [0.5, 0.6) is 0 Å². The van der Waals surface area contributed by atoms with Crippen LogP contribution in [0.25, 0.3) is 0 Å². The predicted molar refractivity (Wildman–Crippen MR) is 76.3 cm³/mol. The van der Waals surface area contributed by atoms with Crippen molar-refractivity contribution in [1.82, 2.24) is 10.4 Å². The maximum absolute atomic E-state index is 11.8. The lowest BCUT2D eigenvalue weighted by Crippen LogP contribution is -2.51. The smallest absolute Gasteiger partial charge is 0.215 e. The van der Waals surface area contributed by atoms with Crippen molar-refractivity contribution in [2.75, 3.05) is 19.7 Å². The molecule has 0 spiro atoms. The number of hydroxylamine groups is 2. The Hall–Kier alpha value is -1.62. The highest BCUT2D eigenvalue weighted by atomic mass is 16.7. The molecule has 5 nitrogen and oxygen atoms in total. The van der Waals surface area contributed by atoms with Gasteiger partial charge in [0, 0.05) is 33.3 Å². The van der Waals surface area contributed by atoms with Crippen molar-refractivity contribution in [2.24, 2.45) is 11.8 Å². The number of hydrogen-bond donors (Lipinski definition) is 1. The van der Waals surface area contributed by atoms with Crippen LogP contribution >= 0.6 is 0 Å². The van der Waals surface area contributed by atoms with E-state index in [1.807, 2.05) is 23.5 Å². The van der Waals surface area contributed by atoms with Gasteiger partial charge in [-0.15, -0.1) is 0 Å². The second-order valence-electron chi connectivity index (χ2n) is 5.77. The highest BCUT2D eigenvalue weighted by molar-refractivity contribution is 5.35. The van der Waals surface area contributed by atoms with Gasteiger partial charge in [-0.1, -0.05) is 19.9 Å². The minimum Gasteiger partial charge on any atom is -0.366 e. The number of fused-ring (bicyclic) bond motifs is 3. The van der Waals surface area contributed by atoms with E-state index in [0.29, 0.717) is 31.5 Å². The topological polar surface area (TPSA) is 44.6 Å². The fourth-order valence-corrected chi connectivity index (χ4v) is 3.36. The largest absolute Gasteiger partial charge is 0.366 e. The molecule has 1 fully saturated rings. The lowest BCUT2D eigenvalue weighted by molar-refractivity contribution is -0.557. The van der Waals surface area contributed by atoms with E-state index in [1.54, 1.807) is 0 Å². The number of nitrogens with one attached hydrogen (secondary N) is 1. The molecule has 3 rings (SSSR count). The maximum atomic E-state index is 11.8. The number of piperidine rings is 1. The van der Waals surface area contributed by atoms with Gasteiger partial charge in [-0.2, -0.15) is 0 Å². The molecule has 1 saturated heterocycles. The number of nitrogens with zero attached hydrogens (tertiary/aromatic N) is 2. The molecule has 3 unspecified atom stereocenters. The fraction of sp³-hybridized carbons (Fsp3) is 0.600. The lowest BCUT2D eigenvalue weighted by Gasteiger charge is -2.43. The summed E-state index contributed by atoms with van der Waals surface area (Å²) in [4.78, 5) is 17.6. The first-order chi connectivity index (χ1) is 9.70. The molecule has 5 heteroatoms. The summed E-state index contributed by atoms with van der Waals surface area (Å²) in [5, 5.41) is 5.23. The van der Waals surface area contributed by atoms with E-state index >= 15 is 0 Å². The summed E-state index contributed by atoms with van der Waals surface area (Å²) in [7, 11) is 0. The van der Waals surface area contributed by atoms with Gasteiger partial charge in [0.15, 0.2) is 6.54 Å². The third-order valence-corrected chi connectivity index (χ3v) is 4.12. The van der Waals surface area contributed by atoms with Crippen molar-refractivity contribution in [3.05, 3.63) is 40.6 Å². The summed E-state index contributed by atoms with van der Waals surface area (Å²) in [6.45, 7) is 6.01. The van der Waals surface area contributed by atoms with Gasteiger partial charge in [0.25, 0.3) is 0 Å². The maximum Gasteiger partial charge on any atom is 0.215 e. The molecule has 20 heavy (non-hydrogen) atoms. The Kier molecular flexibility index (Phi) is 3.61. The summed E-state index contributed by atoms with van der Waals surface area (Å²) < 4.78 is 1.15. The number of rotatable bonds is 3. The number of dihydropyridines is 1. The Morgan fingerprint density at radius 1 is 1.55 bits per heavy atom. The van der Waals surface area contributed by atoms with Crippen molar-refractivity contribution in [2.45, 2.75) is 26.4 Å². The van der Waals surface area contributed by atoms with E-state index in [-0.39, 0.29) is 6.17 Å². The van der Waals surface area contributed by atoms with Crippen molar-refractivity contribution >= 4 is 0 Å². The minimum atomic E-state index is 0.0564. The van der Waals surface area contributed by atoms with E-state index in [2.05, 4.69) is 25.2 Å². The van der Waals surface area contributed by atoms with Gasteiger partial charge in [0.05, 0.1) is 6.61 Å². The monoisotopic (exact) mass is 276 g/mol. The van der Waals surface area contributed by atoms with Gasteiger partial charge in [-0.3, -0.25) is 4.84 Å². The Morgan fingerprint density at radius 3 is 3.20 bits per heavy atom. The van der Waals surface area contributed by atoms with Crippen LogP contribution in [0.2, 0.25) is 0 Å². The van der Waals surface area contributed by atoms with Gasteiger partial charge in [-0.25, -0.2) is 5.06 Å². The number of allylic oxidation sites excluding steroid dienone is 2. The van der Waals surface area contributed by atoms with Crippen molar-refractivity contribution in [3.63, 3.8) is 0 Å². The van der Waals surface area contributed by atoms with Gasteiger partial charge < -0.3 is 5.32 Å². The molecular weight excluding hydrogens is 254 g/mol. The first-order valence-electron chi connectivity index (χ1n) is 7.37. The van der Waals surface area contributed by atoms with Crippen LogP contribution in [0.1, 0.15) is 20.3 Å². The van der Waals surface area contributed by atoms with Gasteiger partial charge >= 0.3 is 0 Å². The zero-order valence-corrected chi connectivity index (χ0v) is 12.1. The Morgan fingerprint density at radius 2 is 2.40 bits per heavy atom. The van der Waals surface area contributed by atoms with Crippen LogP contribution < -0.4 is 5.32 Å². The molecule has 0 aromatic carbocycles. The van der Waals surface area contributed by atoms with E-state index in [0.717, 1.165) is 16.8 Å². The van der Waals surface area contributed by atoms with E-state index in [4.69, 9.17) is 4.84 Å². The third-order valence-electron chi connectivity index (χ3n) is 4.12. The molecule has 0 aliphatic carbocycles. The SMILES string of the molecule is CCCON1C=C2C[N+](=O)CC(C)C2C2=CC=CNC21. The van der Waals surface area contributed by atoms with Crippen LogP contribution in [0, 0.1) is 16.7 Å². The summed E-state index contributed by atoms with van der Waals surface area (Å²) in [6.07, 6.45) is 9.19. The van der Waals surface area contributed by atoms with Crippen LogP contribution in [-0.4, -0.2) is 35.7 Å². The molecular formula is C15H22N3O2+. The first kappa shape index (κ1) is 13.4. The standard InChI is InChI=1S/C15H22N3O2/c1-3-7-20-18-10-12-9-17(19)8-11(2)14(12)13-5-4-6-16-15(13)18/h4-6,10-11,14-16H,3,7-9H2,1-2H3/q+1. The Labute approximate surface area is 119 Å². The molecule has 3 atom stereocenters. The van der Waals surface area contributed by atoms with Crippen molar-refractivity contribution in [1.29, 1.82) is 0 Å². The van der Waals surface area contributed by atoms with E-state index in [9.17, 15) is 4.91 Å². The molecule has 1 N–H and O–H groups in total. The summed E-state index contributed by atoms with van der Waals surface area (Å²) in [5.41, 5.74) is 2.47. The predicted octanol–water partition coefficient (Wildman–Crippen LogP) is 1.94. The Balaban J connectivity index is 1.94. The second kappa shape index (κ2) is 5.40. The minimum absolute atomic E-state index is 0.0564. The lowest BCUT2D eigenvalue weighted by atomic mass is 9.75. The summed E-state index contributed by atoms with van der Waals surface area (Å²) >= 11 is 0. The molecule has 0 radical (unpaired) electrons. The summed E-state index contributed by atoms with van der Waals surface area (Å²) in [6, 6.07) is 0. The zero-order valence-electron chi connectivity index (χ0n) is 12.1. The average molecular weight is 276 g/mol. The third kappa shape index (κ3) is 2.26. The van der Waals surface area contributed by atoms with Gasteiger partial charge in [-0.05, 0) is 24.3 Å². The van der Waals surface area contributed by atoms with Crippen molar-refractivity contribution < 1.29 is 9.60 Å².